The van der Waals surface area contributed by atoms with Crippen LogP contribution in [0.2, 0.25) is 10.0 Å². The van der Waals surface area contributed by atoms with E-state index in [0.29, 0.717) is 32.3 Å². The Hall–Kier alpha value is -3.78. The van der Waals surface area contributed by atoms with Crippen LogP contribution in [0.5, 0.6) is 0 Å². The number of carbonyl (C=O) groups excluding carboxylic acids is 2. The van der Waals surface area contributed by atoms with Gasteiger partial charge < -0.3 is 14.8 Å². The third-order valence-corrected chi connectivity index (χ3v) is 6.83. The Labute approximate surface area is 242 Å². The standard InChI is InChI=1S/C31H29Cl2N3O4/c1-6-17(15-34-5)19-9-12-21(24(33)13-19)26-22(18-7-10-20(32)11-8-18)14-23-27(35-25(38)16-37)28(40-30(23)36-26)29(39)31(2,3)4/h6-15,37H,16H2,1-5H3,(H,35,38)/b17-6+,34-15?. The van der Waals surface area contributed by atoms with Crippen molar-refractivity contribution in [2.45, 2.75) is 27.7 Å². The first-order valence-electron chi connectivity index (χ1n) is 12.6. The number of ketones is 1. The van der Waals surface area contributed by atoms with Crippen LogP contribution in [-0.2, 0) is 4.79 Å². The minimum atomic E-state index is -0.806. The highest BCUT2D eigenvalue weighted by Crippen LogP contribution is 2.42. The van der Waals surface area contributed by atoms with E-state index in [1.807, 2.05) is 43.3 Å². The van der Waals surface area contributed by atoms with Crippen molar-refractivity contribution in [3.63, 3.8) is 0 Å². The lowest BCUT2D eigenvalue weighted by Crippen LogP contribution is -2.22. The first-order valence-corrected chi connectivity index (χ1v) is 13.3. The number of halogens is 2. The molecule has 9 heteroatoms. The van der Waals surface area contributed by atoms with E-state index < -0.39 is 17.9 Å². The van der Waals surface area contributed by atoms with Crippen LogP contribution in [0.1, 0.15) is 43.8 Å². The number of amides is 1. The van der Waals surface area contributed by atoms with E-state index in [2.05, 4.69) is 10.3 Å². The van der Waals surface area contributed by atoms with Crippen LogP contribution in [-0.4, -0.2) is 41.7 Å². The summed E-state index contributed by atoms with van der Waals surface area (Å²) in [6.45, 7) is 6.42. The van der Waals surface area contributed by atoms with Gasteiger partial charge in [0.2, 0.25) is 17.4 Å². The molecule has 0 aliphatic carbocycles. The van der Waals surface area contributed by atoms with Crippen molar-refractivity contribution in [1.82, 2.24) is 4.98 Å². The number of allylic oxidation sites excluding steroid dienone is 2. The Kier molecular flexibility index (Phi) is 8.59. The van der Waals surface area contributed by atoms with Crippen molar-refractivity contribution in [2.24, 2.45) is 10.4 Å². The number of aliphatic hydroxyl groups excluding tert-OH is 1. The van der Waals surface area contributed by atoms with Crippen LogP contribution >= 0.6 is 23.2 Å². The average molecular weight is 578 g/mol. The van der Waals surface area contributed by atoms with Gasteiger partial charge in [-0.1, -0.05) is 74.3 Å². The van der Waals surface area contributed by atoms with Gasteiger partial charge in [0.15, 0.2) is 5.76 Å². The van der Waals surface area contributed by atoms with Crippen molar-refractivity contribution in [3.05, 3.63) is 76.0 Å². The van der Waals surface area contributed by atoms with Gasteiger partial charge in [0.25, 0.3) is 0 Å². The minimum Gasteiger partial charge on any atom is -0.432 e. The molecule has 1 amide bonds. The number of rotatable bonds is 7. The zero-order valence-corrected chi connectivity index (χ0v) is 24.3. The lowest BCUT2D eigenvalue weighted by molar-refractivity contribution is -0.118. The van der Waals surface area contributed by atoms with E-state index in [0.717, 1.165) is 16.7 Å². The van der Waals surface area contributed by atoms with E-state index in [1.165, 1.54) is 0 Å². The predicted octanol–water partition coefficient (Wildman–Crippen LogP) is 7.73. The Bertz CT molecular complexity index is 1660. The number of aromatic nitrogens is 1. The molecule has 4 rings (SSSR count). The Morgan fingerprint density at radius 1 is 1.07 bits per heavy atom. The van der Waals surface area contributed by atoms with Gasteiger partial charge in [0.05, 0.1) is 16.1 Å². The average Bonchev–Trinajstić information content (AvgIpc) is 3.27. The number of hydrogen-bond donors (Lipinski definition) is 2. The summed E-state index contributed by atoms with van der Waals surface area (Å²) in [6.07, 6.45) is 3.70. The van der Waals surface area contributed by atoms with Crippen LogP contribution < -0.4 is 5.32 Å². The van der Waals surface area contributed by atoms with E-state index in [9.17, 15) is 14.7 Å². The molecule has 0 fully saturated rings. The van der Waals surface area contributed by atoms with E-state index in [-0.39, 0.29) is 22.9 Å². The van der Waals surface area contributed by atoms with Gasteiger partial charge in [-0.2, -0.15) is 0 Å². The first-order chi connectivity index (χ1) is 19.0. The van der Waals surface area contributed by atoms with Gasteiger partial charge >= 0.3 is 0 Å². The quantitative estimate of drug-likeness (QED) is 0.173. The highest BCUT2D eigenvalue weighted by atomic mass is 35.5. The number of Topliss-reactive ketones (excluding diaryl/α,β-unsaturated/α-hetero) is 1. The fourth-order valence-electron chi connectivity index (χ4n) is 4.22. The summed E-state index contributed by atoms with van der Waals surface area (Å²) in [5.74, 6) is -1.06. The van der Waals surface area contributed by atoms with Gasteiger partial charge in [-0.25, -0.2) is 4.98 Å². The molecule has 0 aliphatic heterocycles. The maximum atomic E-state index is 13.3. The molecule has 2 heterocycles. The highest BCUT2D eigenvalue weighted by Gasteiger charge is 2.32. The molecule has 7 nitrogen and oxygen atoms in total. The third-order valence-electron chi connectivity index (χ3n) is 6.27. The number of anilines is 1. The van der Waals surface area contributed by atoms with Crippen LogP contribution in [0, 0.1) is 5.41 Å². The minimum absolute atomic E-state index is 0.0472. The van der Waals surface area contributed by atoms with E-state index in [4.69, 9.17) is 32.6 Å². The highest BCUT2D eigenvalue weighted by molar-refractivity contribution is 6.34. The van der Waals surface area contributed by atoms with Crippen molar-refractivity contribution >= 4 is 63.5 Å². The maximum absolute atomic E-state index is 13.3. The third kappa shape index (κ3) is 5.87. The van der Waals surface area contributed by atoms with Crippen LogP contribution in [0.4, 0.5) is 5.69 Å². The largest absolute Gasteiger partial charge is 0.432 e. The number of pyridine rings is 1. The monoisotopic (exact) mass is 577 g/mol. The lowest BCUT2D eigenvalue weighted by atomic mass is 9.88. The van der Waals surface area contributed by atoms with E-state index in [1.54, 1.807) is 52.2 Å². The summed E-state index contributed by atoms with van der Waals surface area (Å²) in [7, 11) is 1.70. The summed E-state index contributed by atoms with van der Waals surface area (Å²) >= 11 is 13.0. The number of aliphatic hydroxyl groups is 1. The number of carbonyl (C=O) groups is 2. The van der Waals surface area contributed by atoms with Gasteiger partial charge in [-0.15, -0.1) is 0 Å². The van der Waals surface area contributed by atoms with E-state index >= 15 is 0 Å². The molecule has 0 radical (unpaired) electrons. The molecule has 2 aromatic carbocycles. The molecule has 4 aromatic rings. The molecule has 2 aromatic heterocycles. The van der Waals surface area contributed by atoms with Crippen molar-refractivity contribution in [2.75, 3.05) is 19.0 Å². The molecule has 206 valence electrons. The number of hydrogen-bond acceptors (Lipinski definition) is 6. The zero-order chi connectivity index (χ0) is 29.2. The number of benzene rings is 2. The summed E-state index contributed by atoms with van der Waals surface area (Å²) in [5, 5.41) is 13.5. The zero-order valence-electron chi connectivity index (χ0n) is 22.8. The molecule has 0 unspecified atom stereocenters. The van der Waals surface area contributed by atoms with Gasteiger partial charge in [-0.05, 0) is 47.9 Å². The number of aliphatic imine (C=N–C) groups is 1. The number of fused-ring (bicyclic) bond motifs is 1. The molecule has 0 atom stereocenters. The van der Waals surface area contributed by atoms with Gasteiger partial charge in [-0.3, -0.25) is 14.6 Å². The summed E-state index contributed by atoms with van der Waals surface area (Å²) < 4.78 is 6.01. The van der Waals surface area contributed by atoms with Crippen LogP contribution in [0.3, 0.4) is 0 Å². The van der Waals surface area contributed by atoms with Gasteiger partial charge in [0.1, 0.15) is 12.3 Å². The molecule has 0 saturated heterocycles. The second kappa shape index (κ2) is 11.8. The van der Waals surface area contributed by atoms with Gasteiger partial charge in [0, 0.05) is 34.8 Å². The predicted molar refractivity (Wildman–Crippen MR) is 162 cm³/mol. The second-order valence-corrected chi connectivity index (χ2v) is 11.0. The normalized spacial score (nSPS) is 12.3. The van der Waals surface area contributed by atoms with Crippen LogP contribution in [0.15, 0.2) is 64.0 Å². The number of furan rings is 1. The smallest absolute Gasteiger partial charge is 0.250 e. The summed E-state index contributed by atoms with van der Waals surface area (Å²) in [4.78, 5) is 34.5. The molecular weight excluding hydrogens is 549 g/mol. The second-order valence-electron chi connectivity index (χ2n) is 10.2. The summed E-state index contributed by atoms with van der Waals surface area (Å²) in [6, 6.07) is 14.7. The SMILES string of the molecule is C/C=C(\C=NC)c1ccc(-c2nc3oc(C(=O)C(C)(C)C)c(NC(=O)CO)c3cc2-c2ccc(Cl)cc2)c(Cl)c1. The van der Waals surface area contributed by atoms with Crippen molar-refractivity contribution in [3.8, 4) is 22.4 Å². The lowest BCUT2D eigenvalue weighted by Gasteiger charge is -2.15. The first kappa shape index (κ1) is 29.2. The molecule has 0 aliphatic rings. The fraction of sp³-hybridized carbons (Fsp3) is 0.226. The topological polar surface area (TPSA) is 105 Å². The van der Waals surface area contributed by atoms with Crippen molar-refractivity contribution in [1.29, 1.82) is 0 Å². The summed E-state index contributed by atoms with van der Waals surface area (Å²) in [5.41, 5.74) is 3.91. The maximum Gasteiger partial charge on any atom is 0.250 e. The fourth-order valence-corrected chi connectivity index (χ4v) is 4.62. The number of nitrogens with zero attached hydrogens (tertiary/aromatic N) is 2. The Morgan fingerprint density at radius 3 is 2.35 bits per heavy atom. The molecular formula is C31H29Cl2N3O4. The molecule has 2 N–H and O–H groups in total. The molecule has 0 saturated carbocycles. The molecule has 40 heavy (non-hydrogen) atoms. The van der Waals surface area contributed by atoms with Crippen LogP contribution in [0.25, 0.3) is 39.1 Å². The van der Waals surface area contributed by atoms with Crippen molar-refractivity contribution < 1.29 is 19.1 Å². The number of nitrogens with one attached hydrogen (secondary N) is 1. The Balaban J connectivity index is 2.03. The molecule has 0 bridgehead atoms. The molecule has 0 spiro atoms. The Morgan fingerprint density at radius 2 is 1.77 bits per heavy atom.